The van der Waals surface area contributed by atoms with Crippen molar-refractivity contribution >= 4 is 35.5 Å². The normalized spacial score (nSPS) is 36.2. The van der Waals surface area contributed by atoms with Crippen LogP contribution in [0.25, 0.3) is 6.08 Å². The Morgan fingerprint density at radius 3 is 2.55 bits per heavy atom. The lowest BCUT2D eigenvalue weighted by molar-refractivity contribution is -0.307. The van der Waals surface area contributed by atoms with Gasteiger partial charge in [0.05, 0.1) is 5.97 Å². The van der Waals surface area contributed by atoms with Gasteiger partial charge < -0.3 is 19.4 Å². The van der Waals surface area contributed by atoms with Crippen molar-refractivity contribution in [3.05, 3.63) is 35.5 Å². The van der Waals surface area contributed by atoms with Crippen molar-refractivity contribution in [1.82, 2.24) is 0 Å². The zero-order valence-electron chi connectivity index (χ0n) is 15.9. The van der Waals surface area contributed by atoms with Gasteiger partial charge >= 0.3 is 5.97 Å². The number of nitrogens with zero attached hydrogens (tertiary/aromatic N) is 1. The molecule has 4 fully saturated rings. The number of carbonyl (C=O) groups is 2. The fourth-order valence-corrected chi connectivity index (χ4v) is 6.69. The maximum atomic E-state index is 12.5. The summed E-state index contributed by atoms with van der Waals surface area (Å²) in [6, 6.07) is 6.74. The Labute approximate surface area is 173 Å². The van der Waals surface area contributed by atoms with Crippen LogP contribution in [0, 0.1) is 17.3 Å². The average Bonchev–Trinajstić information content (AvgIpc) is 3.00. The molecule has 152 valence electrons. The second-order valence-corrected chi connectivity index (χ2v) is 9.76. The topological polar surface area (TPSA) is 88.0 Å². The first-order valence-corrected chi connectivity index (χ1v) is 10.4. The summed E-state index contributed by atoms with van der Waals surface area (Å²) in [5.74, 6) is 0.428. The molecule has 0 aromatic heterocycles. The Morgan fingerprint density at radius 1 is 1.24 bits per heavy atom. The minimum absolute atomic E-state index is 0.174. The summed E-state index contributed by atoms with van der Waals surface area (Å²) < 4.78 is 10.7. The number of carboxylic acids is 1. The lowest BCUT2D eigenvalue weighted by Crippen LogP contribution is -2.56. The highest BCUT2D eigenvalue weighted by Gasteiger charge is 2.60. The molecule has 4 atom stereocenters. The third-order valence-electron chi connectivity index (χ3n) is 6.60. The fourth-order valence-electron chi connectivity index (χ4n) is 6.00. The third-order valence-corrected chi connectivity index (χ3v) is 7.05. The zero-order valence-corrected chi connectivity index (χ0v) is 16.6. The predicted molar refractivity (Wildman–Crippen MR) is 104 cm³/mol. The Kier molecular flexibility index (Phi) is 4.24. The third kappa shape index (κ3) is 3.44. The fraction of sp³-hybridized carbons (Fsp3) is 0.500. The molecule has 4 aliphatic carbocycles. The number of carboxylic acid groups (broad SMARTS) is 1. The maximum absolute atomic E-state index is 12.5. The van der Waals surface area contributed by atoms with Gasteiger partial charge in [0.1, 0.15) is 12.4 Å². The largest absolute Gasteiger partial charge is 0.546 e. The smallest absolute Gasteiger partial charge is 0.363 e. The minimum Gasteiger partial charge on any atom is -0.546 e. The Hall–Kier alpha value is -2.34. The van der Waals surface area contributed by atoms with Gasteiger partial charge in [0.15, 0.2) is 5.70 Å². The molecule has 0 N–H and O–H groups in total. The van der Waals surface area contributed by atoms with Crippen molar-refractivity contribution in [1.29, 1.82) is 0 Å². The maximum Gasteiger partial charge on any atom is 0.363 e. The summed E-state index contributed by atoms with van der Waals surface area (Å²) in [5.41, 5.74) is 0.824. The number of hydrogen-bond acceptors (Lipinski definition) is 6. The Balaban J connectivity index is 1.37. The second-order valence-electron chi connectivity index (χ2n) is 8.96. The number of cyclic esters (lactones) is 1. The molecule has 0 saturated heterocycles. The van der Waals surface area contributed by atoms with Crippen LogP contribution >= 0.6 is 11.6 Å². The lowest BCUT2D eigenvalue weighted by Gasteiger charge is -2.59. The molecular formula is C22H21ClNO5-. The van der Waals surface area contributed by atoms with Crippen molar-refractivity contribution in [2.24, 2.45) is 22.2 Å². The number of benzene rings is 1. The second kappa shape index (κ2) is 6.59. The molecule has 5 aliphatic rings. The van der Waals surface area contributed by atoms with Crippen LogP contribution < -0.4 is 9.84 Å². The molecule has 0 amide bonds. The number of hydrogen-bond donors (Lipinski definition) is 0. The van der Waals surface area contributed by atoms with E-state index in [4.69, 9.17) is 21.1 Å². The van der Waals surface area contributed by atoms with Crippen LogP contribution in [-0.4, -0.2) is 29.3 Å². The first-order valence-electron chi connectivity index (χ1n) is 9.97. The SMILES string of the molecule is O=C([O-])COc1ccc(/C=C2\N=C(C34C[C@@H]5C[C@@H](CC(Cl)(C5)C3)C4)OC2=O)cc1. The molecule has 2 unspecified atom stereocenters. The van der Waals surface area contributed by atoms with E-state index in [1.165, 1.54) is 6.42 Å². The molecule has 7 heteroatoms. The molecular weight excluding hydrogens is 394 g/mol. The molecule has 0 radical (unpaired) electrons. The highest BCUT2D eigenvalue weighted by atomic mass is 35.5. The molecule has 4 bridgehead atoms. The van der Waals surface area contributed by atoms with E-state index < -0.39 is 18.5 Å². The molecule has 6 nitrogen and oxygen atoms in total. The summed E-state index contributed by atoms with van der Waals surface area (Å²) in [4.78, 5) is 27.4. The molecule has 29 heavy (non-hydrogen) atoms. The number of ether oxygens (including phenoxy) is 2. The van der Waals surface area contributed by atoms with E-state index in [1.807, 2.05) is 0 Å². The van der Waals surface area contributed by atoms with Gasteiger partial charge in [-0.05, 0) is 74.1 Å². The number of esters is 1. The van der Waals surface area contributed by atoms with E-state index in [-0.39, 0.29) is 16.0 Å². The van der Waals surface area contributed by atoms with Crippen molar-refractivity contribution < 1.29 is 24.2 Å². The van der Waals surface area contributed by atoms with Gasteiger partial charge in [0.2, 0.25) is 5.90 Å². The van der Waals surface area contributed by atoms with Crippen LogP contribution in [0.5, 0.6) is 5.75 Å². The van der Waals surface area contributed by atoms with E-state index in [2.05, 4.69) is 4.99 Å². The molecule has 4 saturated carbocycles. The summed E-state index contributed by atoms with van der Waals surface area (Å²) in [5, 5.41) is 10.5. The summed E-state index contributed by atoms with van der Waals surface area (Å²) in [6.07, 6.45) is 7.86. The van der Waals surface area contributed by atoms with Crippen molar-refractivity contribution in [3.63, 3.8) is 0 Å². The van der Waals surface area contributed by atoms with Crippen LogP contribution in [-0.2, 0) is 14.3 Å². The number of alkyl halides is 1. The monoisotopic (exact) mass is 414 g/mol. The molecule has 1 aromatic rings. The summed E-state index contributed by atoms with van der Waals surface area (Å²) in [7, 11) is 0. The minimum atomic E-state index is -1.28. The highest BCUT2D eigenvalue weighted by molar-refractivity contribution is 6.24. The first-order chi connectivity index (χ1) is 13.8. The van der Waals surface area contributed by atoms with Gasteiger partial charge in [-0.15, -0.1) is 11.6 Å². The van der Waals surface area contributed by atoms with Crippen molar-refractivity contribution in [2.75, 3.05) is 6.61 Å². The lowest BCUT2D eigenvalue weighted by atomic mass is 9.49. The van der Waals surface area contributed by atoms with E-state index in [0.29, 0.717) is 23.5 Å². The summed E-state index contributed by atoms with van der Waals surface area (Å²) >= 11 is 6.90. The van der Waals surface area contributed by atoms with E-state index >= 15 is 0 Å². The zero-order chi connectivity index (χ0) is 20.2. The number of halogens is 1. The Morgan fingerprint density at radius 2 is 1.93 bits per heavy atom. The van der Waals surface area contributed by atoms with Crippen molar-refractivity contribution in [2.45, 2.75) is 43.4 Å². The number of aliphatic carboxylic acids is 1. The number of aliphatic imine (C=N–C) groups is 1. The first kappa shape index (κ1) is 18.7. The van der Waals surface area contributed by atoms with Gasteiger partial charge in [-0.1, -0.05) is 12.1 Å². The molecule has 1 aliphatic heterocycles. The standard InChI is InChI=1S/C22H22ClNO5/c23-22-9-14-5-15(10-22)8-21(7-14,12-22)20-24-17(19(27)29-20)6-13-1-3-16(4-2-13)28-11-18(25)26/h1-4,6,14-15H,5,7-12H2,(H,25,26)/p-1/b17-6-/t14-,15+,21?,22?. The van der Waals surface area contributed by atoms with Crippen LogP contribution in [0.1, 0.15) is 44.1 Å². The number of rotatable bonds is 5. The Bertz CT molecular complexity index is 921. The van der Waals surface area contributed by atoms with Gasteiger partial charge in [0, 0.05) is 10.3 Å². The predicted octanol–water partition coefficient (Wildman–Crippen LogP) is 2.69. The van der Waals surface area contributed by atoms with Gasteiger partial charge in [0.25, 0.3) is 0 Å². The quantitative estimate of drug-likeness (QED) is 0.420. The van der Waals surface area contributed by atoms with E-state index in [0.717, 1.165) is 37.7 Å². The number of carbonyl (C=O) groups excluding carboxylic acids is 2. The molecule has 1 heterocycles. The van der Waals surface area contributed by atoms with E-state index in [1.54, 1.807) is 30.3 Å². The van der Waals surface area contributed by atoms with E-state index in [9.17, 15) is 14.7 Å². The van der Waals surface area contributed by atoms with Crippen LogP contribution in [0.15, 0.2) is 35.0 Å². The van der Waals surface area contributed by atoms with Crippen LogP contribution in [0.3, 0.4) is 0 Å². The van der Waals surface area contributed by atoms with Gasteiger partial charge in [-0.3, -0.25) is 0 Å². The van der Waals surface area contributed by atoms with Crippen LogP contribution in [0.4, 0.5) is 0 Å². The average molecular weight is 415 g/mol. The van der Waals surface area contributed by atoms with Gasteiger partial charge in [-0.2, -0.15) is 0 Å². The van der Waals surface area contributed by atoms with Gasteiger partial charge in [-0.25, -0.2) is 9.79 Å². The molecule has 1 aromatic carbocycles. The summed E-state index contributed by atoms with van der Waals surface area (Å²) in [6.45, 7) is -0.507. The molecule has 6 rings (SSSR count). The van der Waals surface area contributed by atoms with Crippen molar-refractivity contribution in [3.8, 4) is 5.75 Å². The molecule has 0 spiro atoms. The highest BCUT2D eigenvalue weighted by Crippen LogP contribution is 2.64. The van der Waals surface area contributed by atoms with Crippen LogP contribution in [0.2, 0.25) is 0 Å².